The van der Waals surface area contributed by atoms with Crippen LogP contribution in [0.5, 0.6) is 0 Å². The first-order chi connectivity index (χ1) is 6.08. The van der Waals surface area contributed by atoms with Crippen LogP contribution in [0.15, 0.2) is 0 Å². The summed E-state index contributed by atoms with van der Waals surface area (Å²) >= 11 is 0. The molecule has 0 bridgehead atoms. The molecule has 0 aromatic carbocycles. The van der Waals surface area contributed by atoms with Gasteiger partial charge in [0.1, 0.15) is 0 Å². The Morgan fingerprint density at radius 1 is 1.69 bits per heavy atom. The predicted molar refractivity (Wildman–Crippen MR) is 55.3 cm³/mol. The Labute approximate surface area is 80.3 Å². The van der Waals surface area contributed by atoms with Gasteiger partial charge in [-0.1, -0.05) is 31.9 Å². The minimum Gasteiger partial charge on any atom is -0.481 e. The Balaban J connectivity index is 2.61. The van der Waals surface area contributed by atoms with Crippen molar-refractivity contribution in [1.29, 1.82) is 0 Å². The van der Waals surface area contributed by atoms with Crippen LogP contribution in [-0.2, 0) is 4.79 Å². The van der Waals surface area contributed by atoms with Gasteiger partial charge in [0.05, 0.1) is 8.07 Å². The topological polar surface area (TPSA) is 63.3 Å². The Bertz CT molecular complexity index is 198. The number of carbonyl (C=O) groups is 1. The third kappa shape index (κ3) is 2.81. The summed E-state index contributed by atoms with van der Waals surface area (Å²) in [6, 6.07) is 2.63. The Hall–Kier alpha value is -0.353. The van der Waals surface area contributed by atoms with E-state index in [1.807, 2.05) is 0 Å². The zero-order chi connectivity index (χ0) is 9.90. The number of hydrogen-bond acceptors (Lipinski definition) is 2. The number of nitrogens with two attached hydrogens (primary N) is 1. The number of rotatable bonds is 3. The van der Waals surface area contributed by atoms with Crippen molar-refractivity contribution >= 4 is 14.0 Å². The van der Waals surface area contributed by atoms with Crippen molar-refractivity contribution in [2.75, 3.05) is 6.17 Å². The molecule has 1 rings (SSSR count). The molecule has 0 aromatic heterocycles. The van der Waals surface area contributed by atoms with Gasteiger partial charge in [0, 0.05) is 6.04 Å². The average molecular weight is 201 g/mol. The molecule has 0 amide bonds. The van der Waals surface area contributed by atoms with Crippen molar-refractivity contribution in [3.63, 3.8) is 0 Å². The molecule has 3 nitrogen and oxygen atoms in total. The first-order valence-electron chi connectivity index (χ1n) is 5.00. The van der Waals surface area contributed by atoms with Gasteiger partial charge in [-0.3, -0.25) is 4.79 Å². The fourth-order valence-electron chi connectivity index (χ4n) is 2.51. The van der Waals surface area contributed by atoms with E-state index >= 15 is 0 Å². The fourth-order valence-corrected chi connectivity index (χ4v) is 6.83. The summed E-state index contributed by atoms with van der Waals surface area (Å²) in [5, 5.41) is 8.83. The number of carboxylic acid groups (broad SMARTS) is 1. The van der Waals surface area contributed by atoms with Crippen LogP contribution in [0.4, 0.5) is 0 Å². The zero-order valence-electron chi connectivity index (χ0n) is 8.25. The highest BCUT2D eigenvalue weighted by Gasteiger charge is 2.37. The van der Waals surface area contributed by atoms with Crippen LogP contribution in [0, 0.1) is 5.92 Å². The molecule has 1 fully saturated rings. The number of hydrogen-bond donors (Lipinski definition) is 2. The van der Waals surface area contributed by atoms with Crippen molar-refractivity contribution < 1.29 is 9.90 Å². The van der Waals surface area contributed by atoms with Gasteiger partial charge in [-0.15, -0.1) is 0 Å². The van der Waals surface area contributed by atoms with Crippen molar-refractivity contribution in [3.05, 3.63) is 0 Å². The second-order valence-corrected chi connectivity index (χ2v) is 9.15. The highest BCUT2D eigenvalue weighted by atomic mass is 28.3. The fraction of sp³-hybridized carbons (Fsp3) is 0.889. The van der Waals surface area contributed by atoms with Crippen molar-refractivity contribution in [1.82, 2.24) is 0 Å². The van der Waals surface area contributed by atoms with Crippen molar-refractivity contribution in [3.8, 4) is 0 Å². The van der Waals surface area contributed by atoms with Crippen LogP contribution in [0.1, 0.15) is 19.8 Å². The zero-order valence-corrected chi connectivity index (χ0v) is 9.25. The highest BCUT2D eigenvalue weighted by molar-refractivity contribution is 6.82. The van der Waals surface area contributed by atoms with Crippen LogP contribution < -0.4 is 5.73 Å². The summed E-state index contributed by atoms with van der Waals surface area (Å²) < 4.78 is 0. The Morgan fingerprint density at radius 2 is 2.38 bits per heavy atom. The van der Waals surface area contributed by atoms with E-state index in [-0.39, 0.29) is 0 Å². The molecule has 0 radical (unpaired) electrons. The SMILES string of the molecule is CC1CCC[Si](CN)(CC(=O)O)C1. The van der Waals surface area contributed by atoms with Gasteiger partial charge in [0.15, 0.2) is 0 Å². The van der Waals surface area contributed by atoms with Crippen molar-refractivity contribution in [2.45, 2.75) is 37.9 Å². The van der Waals surface area contributed by atoms with Crippen LogP contribution in [0.25, 0.3) is 0 Å². The van der Waals surface area contributed by atoms with Crippen LogP contribution in [-0.4, -0.2) is 25.3 Å². The molecule has 0 spiro atoms. The average Bonchev–Trinajstić information content (AvgIpc) is 2.03. The lowest BCUT2D eigenvalue weighted by molar-refractivity contribution is -0.134. The van der Waals surface area contributed by atoms with E-state index in [1.54, 1.807) is 0 Å². The summed E-state index contributed by atoms with van der Waals surface area (Å²) in [4.78, 5) is 10.7. The molecule has 3 N–H and O–H groups in total. The second kappa shape index (κ2) is 4.24. The quantitative estimate of drug-likeness (QED) is 0.679. The van der Waals surface area contributed by atoms with Crippen molar-refractivity contribution in [2.24, 2.45) is 11.7 Å². The van der Waals surface area contributed by atoms with Gasteiger partial charge < -0.3 is 10.8 Å². The smallest absolute Gasteiger partial charge is 0.300 e. The van der Waals surface area contributed by atoms with E-state index in [0.717, 1.165) is 12.1 Å². The highest BCUT2D eigenvalue weighted by Crippen LogP contribution is 2.34. The maximum absolute atomic E-state index is 10.7. The molecule has 0 aromatic rings. The van der Waals surface area contributed by atoms with E-state index in [0.29, 0.717) is 18.1 Å². The lowest BCUT2D eigenvalue weighted by Crippen LogP contribution is -2.48. The summed E-state index contributed by atoms with van der Waals surface area (Å²) in [5.41, 5.74) is 5.75. The van der Waals surface area contributed by atoms with E-state index in [4.69, 9.17) is 10.8 Å². The van der Waals surface area contributed by atoms with E-state index in [1.165, 1.54) is 12.8 Å². The Morgan fingerprint density at radius 3 is 2.85 bits per heavy atom. The lowest BCUT2D eigenvalue weighted by Gasteiger charge is -2.36. The summed E-state index contributed by atoms with van der Waals surface area (Å²) in [6.07, 6.45) is 3.11. The predicted octanol–water partition coefficient (Wildman–Crippen LogP) is 1.45. The molecule has 4 heteroatoms. The van der Waals surface area contributed by atoms with Gasteiger partial charge in [-0.25, -0.2) is 0 Å². The van der Waals surface area contributed by atoms with Crippen LogP contribution >= 0.6 is 0 Å². The van der Waals surface area contributed by atoms with Gasteiger partial charge in [-0.2, -0.15) is 0 Å². The molecule has 0 saturated carbocycles. The molecule has 1 heterocycles. The lowest BCUT2D eigenvalue weighted by atomic mass is 10.1. The van der Waals surface area contributed by atoms with Crippen LogP contribution in [0.2, 0.25) is 18.1 Å². The van der Waals surface area contributed by atoms with Gasteiger partial charge >= 0.3 is 5.97 Å². The van der Waals surface area contributed by atoms with Crippen LogP contribution in [0.3, 0.4) is 0 Å². The van der Waals surface area contributed by atoms with E-state index in [9.17, 15) is 4.79 Å². The third-order valence-electron chi connectivity index (χ3n) is 3.14. The molecule has 1 aliphatic rings. The van der Waals surface area contributed by atoms with Gasteiger partial charge in [-0.05, 0) is 12.1 Å². The monoisotopic (exact) mass is 201 g/mol. The Kier molecular flexibility index (Phi) is 3.50. The summed E-state index contributed by atoms with van der Waals surface area (Å²) in [6.45, 7) is 2.22. The maximum Gasteiger partial charge on any atom is 0.300 e. The summed E-state index contributed by atoms with van der Waals surface area (Å²) in [7, 11) is -1.60. The van der Waals surface area contributed by atoms with E-state index in [2.05, 4.69) is 6.92 Å². The second-order valence-electron chi connectivity index (χ2n) is 4.48. The molecular weight excluding hydrogens is 182 g/mol. The minimum absolute atomic E-state index is 0.383. The molecule has 76 valence electrons. The standard InChI is InChI=1S/C9H19NO2Si/c1-8-3-2-4-13(5-8,7-10)6-9(11)12/h8H,2-7,10H2,1H3,(H,11,12). The molecule has 1 aliphatic heterocycles. The number of carboxylic acids is 1. The van der Waals surface area contributed by atoms with Gasteiger partial charge in [0.25, 0.3) is 0 Å². The largest absolute Gasteiger partial charge is 0.481 e. The molecule has 2 unspecified atom stereocenters. The van der Waals surface area contributed by atoms with Gasteiger partial charge in [0.2, 0.25) is 0 Å². The third-order valence-corrected chi connectivity index (χ3v) is 8.04. The molecule has 1 saturated heterocycles. The molecule has 13 heavy (non-hydrogen) atoms. The molecule has 0 aliphatic carbocycles. The molecular formula is C9H19NO2Si. The minimum atomic E-state index is -1.60. The maximum atomic E-state index is 10.7. The normalized spacial score (nSPS) is 34.5. The molecule has 2 atom stereocenters. The summed E-state index contributed by atoms with van der Waals surface area (Å²) in [5.74, 6) is 0.0505. The number of aliphatic carboxylic acids is 1. The van der Waals surface area contributed by atoms with E-state index < -0.39 is 14.0 Å². The first-order valence-corrected chi connectivity index (χ1v) is 7.83. The first kappa shape index (κ1) is 10.7.